The summed E-state index contributed by atoms with van der Waals surface area (Å²) in [5.41, 5.74) is 0.271. The summed E-state index contributed by atoms with van der Waals surface area (Å²) in [4.78, 5) is 12.0. The van der Waals surface area contributed by atoms with Gasteiger partial charge in [-0.1, -0.05) is 20.3 Å². The molecule has 2 unspecified atom stereocenters. The molecule has 0 heterocycles. The first-order valence-electron chi connectivity index (χ1n) is 6.30. The van der Waals surface area contributed by atoms with E-state index < -0.39 is 10.0 Å². The molecule has 0 saturated heterocycles. The maximum absolute atomic E-state index is 12.1. The van der Waals surface area contributed by atoms with Crippen molar-refractivity contribution < 1.29 is 13.2 Å². The molecule has 1 amide bonds. The van der Waals surface area contributed by atoms with E-state index in [-0.39, 0.29) is 22.4 Å². The van der Waals surface area contributed by atoms with Crippen LogP contribution in [0, 0.1) is 5.92 Å². The summed E-state index contributed by atoms with van der Waals surface area (Å²) < 4.78 is 23.2. The van der Waals surface area contributed by atoms with Gasteiger partial charge >= 0.3 is 0 Å². The SMILES string of the molecule is CCC(C)C(C)NC(=O)c1ccc(Br)c(S(N)(=O)=O)c1. The fraction of sp³-hybridized carbons (Fsp3) is 0.462. The number of halogens is 1. The Hall–Kier alpha value is -0.920. The largest absolute Gasteiger partial charge is 0.349 e. The monoisotopic (exact) mass is 362 g/mol. The lowest BCUT2D eigenvalue weighted by Gasteiger charge is -2.20. The van der Waals surface area contributed by atoms with E-state index in [2.05, 4.69) is 21.2 Å². The van der Waals surface area contributed by atoms with Gasteiger partial charge in [-0.2, -0.15) is 0 Å². The molecule has 1 aromatic rings. The average molecular weight is 363 g/mol. The first kappa shape index (κ1) is 17.1. The van der Waals surface area contributed by atoms with Gasteiger partial charge in [-0.15, -0.1) is 0 Å². The van der Waals surface area contributed by atoms with E-state index in [0.717, 1.165) is 6.42 Å². The zero-order valence-corrected chi connectivity index (χ0v) is 14.1. The maximum Gasteiger partial charge on any atom is 0.251 e. The van der Waals surface area contributed by atoms with Crippen LogP contribution < -0.4 is 10.5 Å². The van der Waals surface area contributed by atoms with Crippen molar-refractivity contribution in [2.45, 2.75) is 38.1 Å². The number of nitrogens with one attached hydrogen (secondary N) is 1. The lowest BCUT2D eigenvalue weighted by molar-refractivity contribution is 0.0928. The van der Waals surface area contributed by atoms with Gasteiger partial charge in [-0.25, -0.2) is 13.6 Å². The summed E-state index contributed by atoms with van der Waals surface area (Å²) in [6.45, 7) is 6.01. The zero-order valence-electron chi connectivity index (χ0n) is 11.7. The smallest absolute Gasteiger partial charge is 0.251 e. The summed E-state index contributed by atoms with van der Waals surface area (Å²) in [6.07, 6.45) is 0.949. The van der Waals surface area contributed by atoms with Crippen molar-refractivity contribution in [3.8, 4) is 0 Å². The van der Waals surface area contributed by atoms with Crippen molar-refractivity contribution in [1.29, 1.82) is 0 Å². The zero-order chi connectivity index (χ0) is 15.5. The third kappa shape index (κ3) is 4.29. The molecule has 1 aromatic carbocycles. The van der Waals surface area contributed by atoms with Crippen LogP contribution >= 0.6 is 15.9 Å². The van der Waals surface area contributed by atoms with Crippen LogP contribution in [0.4, 0.5) is 0 Å². The molecule has 0 aromatic heterocycles. The second kappa shape index (κ2) is 6.69. The average Bonchev–Trinajstić information content (AvgIpc) is 2.36. The third-order valence-corrected chi connectivity index (χ3v) is 5.26. The van der Waals surface area contributed by atoms with E-state index in [4.69, 9.17) is 5.14 Å². The van der Waals surface area contributed by atoms with Crippen LogP contribution in [-0.4, -0.2) is 20.4 Å². The number of carbonyl (C=O) groups excluding carboxylic acids is 1. The van der Waals surface area contributed by atoms with Crippen molar-refractivity contribution in [2.75, 3.05) is 0 Å². The summed E-state index contributed by atoms with van der Waals surface area (Å²) in [5.74, 6) is 0.0299. The first-order valence-corrected chi connectivity index (χ1v) is 8.64. The highest BCUT2D eigenvalue weighted by Crippen LogP contribution is 2.22. The van der Waals surface area contributed by atoms with Crippen LogP contribution in [0.15, 0.2) is 27.6 Å². The third-order valence-electron chi connectivity index (χ3n) is 3.36. The molecular weight excluding hydrogens is 344 g/mol. The number of hydrogen-bond acceptors (Lipinski definition) is 3. The van der Waals surface area contributed by atoms with Gasteiger partial charge in [0, 0.05) is 16.1 Å². The Morgan fingerprint density at radius 1 is 1.40 bits per heavy atom. The van der Waals surface area contributed by atoms with E-state index in [1.807, 2.05) is 20.8 Å². The van der Waals surface area contributed by atoms with Gasteiger partial charge in [0.1, 0.15) is 0 Å². The minimum absolute atomic E-state index is 0.00841. The summed E-state index contributed by atoms with van der Waals surface area (Å²) in [7, 11) is -3.87. The Kier molecular flexibility index (Phi) is 5.73. The van der Waals surface area contributed by atoms with E-state index in [1.54, 1.807) is 6.07 Å². The molecule has 112 valence electrons. The molecule has 2 atom stereocenters. The van der Waals surface area contributed by atoms with Crippen LogP contribution in [0.3, 0.4) is 0 Å². The van der Waals surface area contributed by atoms with E-state index >= 15 is 0 Å². The molecule has 3 N–H and O–H groups in total. The number of carbonyl (C=O) groups is 1. The second-order valence-electron chi connectivity index (χ2n) is 4.84. The van der Waals surface area contributed by atoms with Gasteiger partial charge in [0.05, 0.1) is 4.90 Å². The first-order chi connectivity index (χ1) is 9.16. The van der Waals surface area contributed by atoms with Crippen LogP contribution in [0.2, 0.25) is 0 Å². The lowest BCUT2D eigenvalue weighted by Crippen LogP contribution is -2.37. The van der Waals surface area contributed by atoms with Crippen LogP contribution in [-0.2, 0) is 10.0 Å². The highest BCUT2D eigenvalue weighted by atomic mass is 79.9. The maximum atomic E-state index is 12.1. The summed E-state index contributed by atoms with van der Waals surface area (Å²) in [6, 6.07) is 4.34. The van der Waals surface area contributed by atoms with Gasteiger partial charge in [-0.3, -0.25) is 4.79 Å². The van der Waals surface area contributed by atoms with Crippen LogP contribution in [0.1, 0.15) is 37.6 Å². The minimum atomic E-state index is -3.87. The molecule has 0 spiro atoms. The highest BCUT2D eigenvalue weighted by Gasteiger charge is 2.18. The van der Waals surface area contributed by atoms with Gasteiger partial charge in [-0.05, 0) is 47.0 Å². The Bertz CT molecular complexity index is 602. The van der Waals surface area contributed by atoms with Crippen molar-refractivity contribution in [1.82, 2.24) is 5.32 Å². The number of benzene rings is 1. The van der Waals surface area contributed by atoms with Crippen molar-refractivity contribution in [2.24, 2.45) is 11.1 Å². The van der Waals surface area contributed by atoms with E-state index in [9.17, 15) is 13.2 Å². The number of rotatable bonds is 5. The Morgan fingerprint density at radius 2 is 2.00 bits per heavy atom. The fourth-order valence-electron chi connectivity index (χ4n) is 1.65. The normalized spacial score (nSPS) is 14.7. The van der Waals surface area contributed by atoms with Gasteiger partial charge in [0.15, 0.2) is 0 Å². The van der Waals surface area contributed by atoms with Crippen LogP contribution in [0.5, 0.6) is 0 Å². The Balaban J connectivity index is 3.01. The molecule has 0 bridgehead atoms. The highest BCUT2D eigenvalue weighted by molar-refractivity contribution is 9.10. The van der Waals surface area contributed by atoms with Crippen molar-refractivity contribution >= 4 is 31.9 Å². The van der Waals surface area contributed by atoms with Gasteiger partial charge < -0.3 is 5.32 Å². The molecule has 0 aliphatic heterocycles. The number of hydrogen-bond donors (Lipinski definition) is 2. The molecule has 7 heteroatoms. The summed E-state index contributed by atoms with van der Waals surface area (Å²) in [5, 5.41) is 7.96. The van der Waals surface area contributed by atoms with Crippen molar-refractivity contribution in [3.63, 3.8) is 0 Å². The van der Waals surface area contributed by atoms with E-state index in [0.29, 0.717) is 10.4 Å². The number of sulfonamides is 1. The molecule has 0 fully saturated rings. The number of nitrogens with two attached hydrogens (primary N) is 1. The molecule has 0 radical (unpaired) electrons. The fourth-order valence-corrected chi connectivity index (χ4v) is 3.20. The van der Waals surface area contributed by atoms with Gasteiger partial charge in [0.2, 0.25) is 10.0 Å². The number of primary sulfonamides is 1. The Labute approximate surface area is 128 Å². The molecule has 0 saturated carbocycles. The Morgan fingerprint density at radius 3 is 2.50 bits per heavy atom. The molecule has 1 rings (SSSR count). The predicted octanol–water partition coefficient (Wildman–Crippen LogP) is 2.26. The quantitative estimate of drug-likeness (QED) is 0.841. The molecule has 0 aliphatic rings. The standard InChI is InChI=1S/C13H19BrN2O3S/c1-4-8(2)9(3)16-13(17)10-5-6-11(14)12(7-10)20(15,18)19/h5-9H,4H2,1-3H3,(H,16,17)(H2,15,18,19). The van der Waals surface area contributed by atoms with E-state index in [1.165, 1.54) is 12.1 Å². The molecular formula is C13H19BrN2O3S. The molecule has 0 aliphatic carbocycles. The van der Waals surface area contributed by atoms with Crippen LogP contribution in [0.25, 0.3) is 0 Å². The molecule has 5 nitrogen and oxygen atoms in total. The molecule has 20 heavy (non-hydrogen) atoms. The topological polar surface area (TPSA) is 89.3 Å². The lowest BCUT2D eigenvalue weighted by atomic mass is 10.0. The number of amides is 1. The van der Waals surface area contributed by atoms with Gasteiger partial charge in [0.25, 0.3) is 5.91 Å². The summed E-state index contributed by atoms with van der Waals surface area (Å²) >= 11 is 3.11. The predicted molar refractivity (Wildman–Crippen MR) is 81.9 cm³/mol. The second-order valence-corrected chi connectivity index (χ2v) is 7.22. The van der Waals surface area contributed by atoms with Crippen molar-refractivity contribution in [3.05, 3.63) is 28.2 Å². The minimum Gasteiger partial charge on any atom is -0.349 e.